The molecule has 0 fully saturated rings. The summed E-state index contributed by atoms with van der Waals surface area (Å²) in [6, 6.07) is 1.36. The third kappa shape index (κ3) is 1.21. The summed E-state index contributed by atoms with van der Waals surface area (Å²) < 4.78 is 0. The number of hydrogen-bond acceptors (Lipinski definition) is 4. The van der Waals surface area contributed by atoms with Gasteiger partial charge >= 0.3 is 0 Å². The second-order valence-electron chi connectivity index (χ2n) is 1.60. The van der Waals surface area contributed by atoms with Crippen LogP contribution in [0.2, 0.25) is 0 Å². The predicted molar refractivity (Wildman–Crippen MR) is 23.2 cm³/mol. The van der Waals surface area contributed by atoms with Crippen molar-refractivity contribution >= 4 is 5.97 Å². The molecular formula is C4H5N2O2-. The number of carboxylic acid groups (broad SMARTS) is 1. The highest BCUT2D eigenvalue weighted by molar-refractivity contribution is 5.79. The Hall–Kier alpha value is -1.08. The number of carbonyl (C=O) groups excluding carboxylic acids is 1. The van der Waals surface area contributed by atoms with E-state index in [4.69, 9.17) is 11.0 Å². The normalized spacial score (nSPS) is 16.1. The molecule has 4 nitrogen and oxygen atoms in total. The molecule has 0 amide bonds. The van der Waals surface area contributed by atoms with E-state index in [0.29, 0.717) is 0 Å². The molecule has 0 spiro atoms. The smallest absolute Gasteiger partial charge is 0.141 e. The zero-order valence-electron chi connectivity index (χ0n) is 4.34. The summed E-state index contributed by atoms with van der Waals surface area (Å²) in [6.45, 7) is 1.07. The van der Waals surface area contributed by atoms with E-state index in [1.807, 2.05) is 0 Å². The molecule has 0 saturated carbocycles. The molecule has 0 aliphatic carbocycles. The van der Waals surface area contributed by atoms with Crippen LogP contribution in [0.3, 0.4) is 0 Å². The molecule has 0 bridgehead atoms. The van der Waals surface area contributed by atoms with Crippen LogP contribution in [0.25, 0.3) is 0 Å². The zero-order chi connectivity index (χ0) is 6.78. The summed E-state index contributed by atoms with van der Waals surface area (Å²) in [4.78, 5) is 9.79. The number of nitrogens with two attached hydrogens (primary N) is 1. The van der Waals surface area contributed by atoms with Crippen molar-refractivity contribution in [2.45, 2.75) is 12.5 Å². The number of nitrogens with zero attached hydrogens (tertiary/aromatic N) is 1. The van der Waals surface area contributed by atoms with Gasteiger partial charge in [-0.25, -0.2) is 0 Å². The summed E-state index contributed by atoms with van der Waals surface area (Å²) in [5.41, 5.74) is 2.99. The van der Waals surface area contributed by atoms with Gasteiger partial charge < -0.3 is 15.6 Å². The van der Waals surface area contributed by atoms with Crippen LogP contribution in [0.5, 0.6) is 0 Å². The highest BCUT2D eigenvalue weighted by Gasteiger charge is 2.17. The second kappa shape index (κ2) is 1.80. The first kappa shape index (κ1) is 6.92. The molecule has 1 atom stereocenters. The SMILES string of the molecule is CC(N)(C#N)C(=O)[O-]. The van der Waals surface area contributed by atoms with Crippen molar-refractivity contribution < 1.29 is 9.90 Å². The standard InChI is InChI=1S/C4H6N2O2/c1-4(6,2-5)3(7)8/h6H2,1H3,(H,7,8)/p-1. The van der Waals surface area contributed by atoms with Crippen LogP contribution in [-0.2, 0) is 4.79 Å². The van der Waals surface area contributed by atoms with E-state index in [-0.39, 0.29) is 0 Å². The van der Waals surface area contributed by atoms with E-state index in [1.54, 1.807) is 0 Å². The molecule has 44 valence electrons. The zero-order valence-corrected chi connectivity index (χ0v) is 4.34. The molecule has 2 N–H and O–H groups in total. The summed E-state index contributed by atoms with van der Waals surface area (Å²) in [6.07, 6.45) is 0. The fourth-order valence-corrected chi connectivity index (χ4v) is 0.0456. The van der Waals surface area contributed by atoms with Crippen LogP contribution in [0.15, 0.2) is 0 Å². The lowest BCUT2D eigenvalue weighted by Gasteiger charge is -2.14. The minimum atomic E-state index is -1.85. The number of rotatable bonds is 1. The average Bonchev–Trinajstić information content (AvgIpc) is 1.67. The Morgan fingerprint density at radius 1 is 2.00 bits per heavy atom. The highest BCUT2D eigenvalue weighted by atomic mass is 16.4. The molecule has 0 radical (unpaired) electrons. The molecule has 0 aliphatic rings. The van der Waals surface area contributed by atoms with E-state index < -0.39 is 11.5 Å². The molecule has 0 aromatic carbocycles. The van der Waals surface area contributed by atoms with Gasteiger partial charge in [-0.2, -0.15) is 5.26 Å². The number of nitriles is 1. The van der Waals surface area contributed by atoms with Gasteiger partial charge in [-0.05, 0) is 6.92 Å². The van der Waals surface area contributed by atoms with Gasteiger partial charge in [0.1, 0.15) is 5.54 Å². The van der Waals surface area contributed by atoms with Crippen molar-refractivity contribution in [2.24, 2.45) is 5.73 Å². The Bertz CT molecular complexity index is 145. The first-order chi connectivity index (χ1) is 3.50. The van der Waals surface area contributed by atoms with Gasteiger partial charge in [0.25, 0.3) is 0 Å². The van der Waals surface area contributed by atoms with Crippen LogP contribution in [-0.4, -0.2) is 11.5 Å². The molecular weight excluding hydrogens is 108 g/mol. The molecule has 0 aromatic heterocycles. The Kier molecular flexibility index (Phi) is 1.56. The van der Waals surface area contributed by atoms with E-state index in [1.165, 1.54) is 6.07 Å². The minimum Gasteiger partial charge on any atom is -0.547 e. The van der Waals surface area contributed by atoms with Gasteiger partial charge in [-0.15, -0.1) is 0 Å². The summed E-state index contributed by atoms with van der Waals surface area (Å²) in [7, 11) is 0. The highest BCUT2D eigenvalue weighted by Crippen LogP contribution is 1.90. The summed E-state index contributed by atoms with van der Waals surface area (Å²) >= 11 is 0. The Morgan fingerprint density at radius 2 is 2.38 bits per heavy atom. The largest absolute Gasteiger partial charge is 0.547 e. The first-order valence-electron chi connectivity index (χ1n) is 1.92. The lowest BCUT2D eigenvalue weighted by molar-refractivity contribution is -0.310. The van der Waals surface area contributed by atoms with E-state index in [9.17, 15) is 9.90 Å². The number of aliphatic carboxylic acids is 1. The van der Waals surface area contributed by atoms with Crippen LogP contribution in [0, 0.1) is 11.3 Å². The van der Waals surface area contributed by atoms with Crippen LogP contribution >= 0.6 is 0 Å². The second-order valence-corrected chi connectivity index (χ2v) is 1.60. The lowest BCUT2D eigenvalue weighted by atomic mass is 10.1. The van der Waals surface area contributed by atoms with Crippen molar-refractivity contribution in [3.8, 4) is 6.07 Å². The van der Waals surface area contributed by atoms with Crippen molar-refractivity contribution in [1.29, 1.82) is 5.26 Å². The number of carbonyl (C=O) groups is 1. The van der Waals surface area contributed by atoms with Crippen molar-refractivity contribution in [3.63, 3.8) is 0 Å². The van der Waals surface area contributed by atoms with E-state index in [0.717, 1.165) is 6.92 Å². The fraction of sp³-hybridized carbons (Fsp3) is 0.500. The Labute approximate surface area is 46.5 Å². The quantitative estimate of drug-likeness (QED) is 0.425. The first-order valence-corrected chi connectivity index (χ1v) is 1.92. The van der Waals surface area contributed by atoms with Crippen molar-refractivity contribution in [3.05, 3.63) is 0 Å². The number of hydrogen-bond donors (Lipinski definition) is 1. The van der Waals surface area contributed by atoms with Gasteiger partial charge in [0, 0.05) is 0 Å². The third-order valence-corrected chi connectivity index (χ3v) is 0.656. The third-order valence-electron chi connectivity index (χ3n) is 0.656. The topological polar surface area (TPSA) is 89.9 Å². The summed E-state index contributed by atoms with van der Waals surface area (Å²) in [5, 5.41) is 17.8. The lowest BCUT2D eigenvalue weighted by Crippen LogP contribution is -2.51. The molecule has 0 heterocycles. The molecule has 0 aliphatic heterocycles. The molecule has 8 heavy (non-hydrogen) atoms. The maximum Gasteiger partial charge on any atom is 0.141 e. The molecule has 0 saturated heterocycles. The maximum atomic E-state index is 9.79. The van der Waals surface area contributed by atoms with Gasteiger partial charge in [-0.1, -0.05) is 0 Å². The average molecular weight is 113 g/mol. The molecule has 0 aromatic rings. The van der Waals surface area contributed by atoms with Crippen LogP contribution in [0.1, 0.15) is 6.92 Å². The number of carboxylic acids is 1. The summed E-state index contributed by atoms with van der Waals surface area (Å²) in [5.74, 6) is -1.56. The van der Waals surface area contributed by atoms with Crippen LogP contribution < -0.4 is 10.8 Å². The monoisotopic (exact) mass is 113 g/mol. The molecule has 4 heteroatoms. The maximum absolute atomic E-state index is 9.79. The van der Waals surface area contributed by atoms with E-state index in [2.05, 4.69) is 0 Å². The molecule has 1 unspecified atom stereocenters. The van der Waals surface area contributed by atoms with E-state index >= 15 is 0 Å². The Morgan fingerprint density at radius 3 is 2.38 bits per heavy atom. The predicted octanol–water partition coefficient (Wildman–Crippen LogP) is -2.02. The fourth-order valence-electron chi connectivity index (χ4n) is 0.0456. The minimum absolute atomic E-state index is 1.07. The van der Waals surface area contributed by atoms with Crippen LogP contribution in [0.4, 0.5) is 0 Å². The van der Waals surface area contributed by atoms with Gasteiger partial charge in [-0.3, -0.25) is 0 Å². The van der Waals surface area contributed by atoms with Crippen molar-refractivity contribution in [2.75, 3.05) is 0 Å². The van der Waals surface area contributed by atoms with Gasteiger partial charge in [0.2, 0.25) is 0 Å². The van der Waals surface area contributed by atoms with Gasteiger partial charge in [0.05, 0.1) is 12.0 Å². The Balaban J connectivity index is 4.19. The van der Waals surface area contributed by atoms with Gasteiger partial charge in [0.15, 0.2) is 0 Å². The molecule has 0 rings (SSSR count). The van der Waals surface area contributed by atoms with Crippen molar-refractivity contribution in [1.82, 2.24) is 0 Å².